The highest BCUT2D eigenvalue weighted by Gasteiger charge is 2.29. The molecule has 0 heterocycles. The maximum Gasteiger partial charge on any atom is 0.540 e. The molecule has 0 saturated heterocycles. The van der Waals surface area contributed by atoms with Gasteiger partial charge in [-0.2, -0.15) is 0 Å². The Balaban J connectivity index is 2.77. The number of benzene rings is 1. The van der Waals surface area contributed by atoms with Crippen molar-refractivity contribution in [2.75, 3.05) is 0 Å². The summed E-state index contributed by atoms with van der Waals surface area (Å²) < 4.78 is 0.495. The SMILES string of the molecule is [B]N(B(O)O)[C@@H](Cc1ccccc1)C(=O)O. The van der Waals surface area contributed by atoms with Gasteiger partial charge in [0.2, 0.25) is 0 Å². The lowest BCUT2D eigenvalue weighted by atomic mass is 9.91. The largest absolute Gasteiger partial charge is 0.540 e. The standard InChI is InChI=1S/C9H11B2NO4/c10-12(11(15)16)8(9(13)14)6-7-4-2-1-3-5-7/h1-5,8,15-16H,6H2,(H,13,14)/t8-/m0/s1. The van der Waals surface area contributed by atoms with Crippen LogP contribution in [0.4, 0.5) is 0 Å². The molecule has 0 aromatic heterocycles. The van der Waals surface area contributed by atoms with Crippen molar-refractivity contribution < 1.29 is 19.9 Å². The average Bonchev–Trinajstić information content (AvgIpc) is 2.26. The van der Waals surface area contributed by atoms with Crippen LogP contribution >= 0.6 is 0 Å². The summed E-state index contributed by atoms with van der Waals surface area (Å²) in [5, 5.41) is 26.5. The highest BCUT2D eigenvalue weighted by atomic mass is 16.4. The van der Waals surface area contributed by atoms with Crippen molar-refractivity contribution >= 4 is 21.2 Å². The van der Waals surface area contributed by atoms with Gasteiger partial charge in [0.05, 0.1) is 6.04 Å². The molecule has 3 N–H and O–H groups in total. The summed E-state index contributed by atoms with van der Waals surface area (Å²) in [5.41, 5.74) is 0.756. The van der Waals surface area contributed by atoms with E-state index in [-0.39, 0.29) is 6.42 Å². The van der Waals surface area contributed by atoms with E-state index in [0.717, 1.165) is 5.56 Å². The number of carbonyl (C=O) groups is 1. The summed E-state index contributed by atoms with van der Waals surface area (Å²) in [7, 11) is 3.27. The van der Waals surface area contributed by atoms with E-state index in [1.54, 1.807) is 30.3 Å². The Morgan fingerprint density at radius 3 is 2.38 bits per heavy atom. The van der Waals surface area contributed by atoms with Gasteiger partial charge in [-0.1, -0.05) is 30.3 Å². The number of hydrogen-bond acceptors (Lipinski definition) is 4. The first-order valence-corrected chi connectivity index (χ1v) is 4.68. The van der Waals surface area contributed by atoms with Gasteiger partial charge in [-0.05, 0) is 12.0 Å². The van der Waals surface area contributed by atoms with Crippen molar-refractivity contribution in [3.8, 4) is 0 Å². The van der Waals surface area contributed by atoms with E-state index < -0.39 is 19.3 Å². The number of carboxylic acids is 1. The quantitative estimate of drug-likeness (QED) is 0.555. The molecule has 0 spiro atoms. The zero-order valence-electron chi connectivity index (χ0n) is 8.52. The zero-order chi connectivity index (χ0) is 12.1. The molecule has 2 radical (unpaired) electrons. The molecule has 0 bridgehead atoms. The highest BCUT2D eigenvalue weighted by Crippen LogP contribution is 2.08. The lowest BCUT2D eigenvalue weighted by Gasteiger charge is -2.24. The second-order valence-electron chi connectivity index (χ2n) is 3.34. The van der Waals surface area contributed by atoms with Crippen LogP contribution in [0.3, 0.4) is 0 Å². The Morgan fingerprint density at radius 1 is 1.38 bits per heavy atom. The third kappa shape index (κ3) is 3.37. The lowest BCUT2D eigenvalue weighted by molar-refractivity contribution is -0.140. The molecular formula is C9H11B2NO4. The van der Waals surface area contributed by atoms with E-state index in [1.807, 2.05) is 0 Å². The maximum atomic E-state index is 10.9. The Kier molecular flexibility index (Phi) is 4.54. The van der Waals surface area contributed by atoms with Gasteiger partial charge >= 0.3 is 13.2 Å². The fourth-order valence-corrected chi connectivity index (χ4v) is 1.32. The monoisotopic (exact) mass is 219 g/mol. The van der Waals surface area contributed by atoms with Gasteiger partial charge in [-0.3, -0.25) is 4.79 Å². The minimum atomic E-state index is -2.00. The molecule has 82 valence electrons. The molecule has 0 aliphatic heterocycles. The van der Waals surface area contributed by atoms with Gasteiger partial charge in [0.1, 0.15) is 0 Å². The van der Waals surface area contributed by atoms with Gasteiger partial charge in [-0.25, -0.2) is 0 Å². The topological polar surface area (TPSA) is 81.0 Å². The van der Waals surface area contributed by atoms with E-state index in [4.69, 9.17) is 23.1 Å². The van der Waals surface area contributed by atoms with Gasteiger partial charge < -0.3 is 19.9 Å². The normalized spacial score (nSPS) is 12.4. The average molecular weight is 219 g/mol. The van der Waals surface area contributed by atoms with Gasteiger partial charge in [0.25, 0.3) is 0 Å². The van der Waals surface area contributed by atoms with Gasteiger partial charge in [0, 0.05) is 0 Å². The number of aliphatic carboxylic acids is 1. The summed E-state index contributed by atoms with van der Waals surface area (Å²) in [5.74, 6) is -1.21. The second kappa shape index (κ2) is 5.69. The van der Waals surface area contributed by atoms with E-state index in [9.17, 15) is 4.79 Å². The molecule has 0 unspecified atom stereocenters. The first-order chi connectivity index (χ1) is 7.52. The summed E-state index contributed by atoms with van der Waals surface area (Å²) in [6, 6.07) is 7.65. The summed E-state index contributed by atoms with van der Waals surface area (Å²) >= 11 is 0. The number of nitrogens with zero attached hydrogens (tertiary/aromatic N) is 1. The predicted octanol–water partition coefficient (Wildman–Crippen LogP) is -0.963. The van der Waals surface area contributed by atoms with Crippen LogP contribution in [0.25, 0.3) is 0 Å². The van der Waals surface area contributed by atoms with Crippen LogP contribution < -0.4 is 0 Å². The predicted molar refractivity (Wildman–Crippen MR) is 59.4 cm³/mol. The minimum absolute atomic E-state index is 0.101. The van der Waals surface area contributed by atoms with Crippen molar-refractivity contribution in [3.05, 3.63) is 35.9 Å². The molecule has 0 aliphatic carbocycles. The summed E-state index contributed by atoms with van der Waals surface area (Å²) in [6.07, 6.45) is 0.101. The molecule has 16 heavy (non-hydrogen) atoms. The molecule has 7 heteroatoms. The maximum absolute atomic E-state index is 10.9. The summed E-state index contributed by atoms with van der Waals surface area (Å²) in [4.78, 5) is 10.9. The second-order valence-corrected chi connectivity index (χ2v) is 3.34. The van der Waals surface area contributed by atoms with Crippen LogP contribution in [-0.2, 0) is 11.2 Å². The molecule has 5 nitrogen and oxygen atoms in total. The minimum Gasteiger partial charge on any atom is -0.480 e. The van der Waals surface area contributed by atoms with E-state index in [1.165, 1.54) is 0 Å². The van der Waals surface area contributed by atoms with Crippen molar-refractivity contribution in [2.45, 2.75) is 12.5 Å². The molecule has 0 saturated carbocycles. The Bertz CT molecular complexity index is 347. The fourth-order valence-electron chi connectivity index (χ4n) is 1.32. The fraction of sp³-hybridized carbons (Fsp3) is 0.222. The Morgan fingerprint density at radius 2 is 1.94 bits per heavy atom. The van der Waals surface area contributed by atoms with E-state index in [2.05, 4.69) is 0 Å². The van der Waals surface area contributed by atoms with E-state index in [0.29, 0.717) is 4.72 Å². The van der Waals surface area contributed by atoms with Crippen LogP contribution in [0.1, 0.15) is 5.56 Å². The Hall–Kier alpha value is -1.30. The van der Waals surface area contributed by atoms with Crippen LogP contribution in [0, 0.1) is 0 Å². The molecule has 1 aromatic carbocycles. The third-order valence-electron chi connectivity index (χ3n) is 2.18. The van der Waals surface area contributed by atoms with Gasteiger partial charge in [-0.15, -0.1) is 0 Å². The molecule has 1 aromatic rings. The number of hydrogen-bond donors (Lipinski definition) is 3. The molecule has 1 rings (SSSR count). The number of carboxylic acid groups (broad SMARTS) is 1. The zero-order valence-corrected chi connectivity index (χ0v) is 8.52. The van der Waals surface area contributed by atoms with Crippen molar-refractivity contribution in [1.82, 2.24) is 4.72 Å². The molecule has 0 aliphatic rings. The molecular weight excluding hydrogens is 208 g/mol. The van der Waals surface area contributed by atoms with Gasteiger partial charge in [0.15, 0.2) is 7.98 Å². The van der Waals surface area contributed by atoms with Crippen LogP contribution in [-0.4, -0.2) is 47.1 Å². The Labute approximate surface area is 94.9 Å². The van der Waals surface area contributed by atoms with Crippen molar-refractivity contribution in [3.63, 3.8) is 0 Å². The smallest absolute Gasteiger partial charge is 0.480 e. The van der Waals surface area contributed by atoms with Crippen LogP contribution in [0.5, 0.6) is 0 Å². The first kappa shape index (κ1) is 12.8. The van der Waals surface area contributed by atoms with Crippen molar-refractivity contribution in [1.29, 1.82) is 0 Å². The van der Waals surface area contributed by atoms with E-state index >= 15 is 0 Å². The summed E-state index contributed by atoms with van der Waals surface area (Å²) in [6.45, 7) is 0. The molecule has 0 amide bonds. The first-order valence-electron chi connectivity index (χ1n) is 4.68. The molecule has 1 atom stereocenters. The molecule has 0 fully saturated rings. The lowest BCUT2D eigenvalue weighted by Crippen LogP contribution is -2.50. The van der Waals surface area contributed by atoms with Crippen molar-refractivity contribution in [2.24, 2.45) is 0 Å². The number of rotatable bonds is 5. The van der Waals surface area contributed by atoms with Crippen LogP contribution in [0.15, 0.2) is 30.3 Å². The van der Waals surface area contributed by atoms with Crippen LogP contribution in [0.2, 0.25) is 0 Å². The highest BCUT2D eigenvalue weighted by molar-refractivity contribution is 6.46. The third-order valence-corrected chi connectivity index (χ3v) is 2.18.